The number of hydrogen-bond donors (Lipinski definition) is 1. The second-order valence-electron chi connectivity index (χ2n) is 6.17. The number of aliphatic hydroxyl groups is 1. The molecule has 2 unspecified atom stereocenters. The summed E-state index contributed by atoms with van der Waals surface area (Å²) in [4.78, 5) is 0. The van der Waals surface area contributed by atoms with Crippen molar-refractivity contribution in [3.05, 3.63) is 36.9 Å². The number of rotatable bonds is 14. The Balaban J connectivity index is 2.26. The van der Waals surface area contributed by atoms with E-state index in [-0.39, 0.29) is 6.10 Å². The maximum Gasteiger partial charge on any atom is 0.122 e. The van der Waals surface area contributed by atoms with Gasteiger partial charge in [-0.15, -0.1) is 0 Å². The Kier molecular flexibility index (Phi) is 11.6. The Hall–Kier alpha value is -1.06. The van der Waals surface area contributed by atoms with Crippen molar-refractivity contribution in [2.75, 3.05) is 6.61 Å². The maximum atomic E-state index is 9.25. The number of benzene rings is 1. The van der Waals surface area contributed by atoms with Gasteiger partial charge in [-0.3, -0.25) is 0 Å². The number of aliphatic hydroxyl groups excluding tert-OH is 1. The molecule has 0 aliphatic carbocycles. The van der Waals surface area contributed by atoms with E-state index in [0.717, 1.165) is 18.6 Å². The van der Waals surface area contributed by atoms with Crippen LogP contribution in [-0.4, -0.2) is 23.9 Å². The highest BCUT2D eigenvalue weighted by Gasteiger charge is 2.12. The van der Waals surface area contributed by atoms with Gasteiger partial charge in [0.15, 0.2) is 0 Å². The molecular weight excluding hydrogens is 288 g/mol. The minimum Gasteiger partial charge on any atom is -0.488 e. The van der Waals surface area contributed by atoms with Crippen molar-refractivity contribution in [2.24, 2.45) is 0 Å². The van der Waals surface area contributed by atoms with E-state index in [9.17, 15) is 5.11 Å². The molecule has 3 heteroatoms. The summed E-state index contributed by atoms with van der Waals surface area (Å²) in [6, 6.07) is 9.87. The SMILES string of the molecule is CCCCCCCCCC(CO[CH]C(C)O)Oc1ccccc1. The molecule has 3 nitrogen and oxygen atoms in total. The fraction of sp³-hybridized carbons (Fsp3) is 0.650. The van der Waals surface area contributed by atoms with Gasteiger partial charge in [-0.25, -0.2) is 0 Å². The van der Waals surface area contributed by atoms with Crippen LogP contribution in [-0.2, 0) is 4.74 Å². The highest BCUT2D eigenvalue weighted by molar-refractivity contribution is 5.21. The summed E-state index contributed by atoms with van der Waals surface area (Å²) in [7, 11) is 0. The normalized spacial score (nSPS) is 13.7. The van der Waals surface area contributed by atoms with E-state index in [2.05, 4.69) is 6.92 Å². The first-order valence-corrected chi connectivity index (χ1v) is 9.07. The van der Waals surface area contributed by atoms with E-state index in [1.165, 1.54) is 45.1 Å². The number of ether oxygens (including phenoxy) is 2. The lowest BCUT2D eigenvalue weighted by molar-refractivity contribution is 0.0434. The largest absolute Gasteiger partial charge is 0.488 e. The van der Waals surface area contributed by atoms with Crippen LogP contribution in [0.1, 0.15) is 65.2 Å². The van der Waals surface area contributed by atoms with Crippen molar-refractivity contribution in [3.8, 4) is 5.75 Å². The summed E-state index contributed by atoms with van der Waals surface area (Å²) in [5.41, 5.74) is 0. The monoisotopic (exact) mass is 321 g/mol. The van der Waals surface area contributed by atoms with Crippen molar-refractivity contribution in [2.45, 2.75) is 77.4 Å². The lowest BCUT2D eigenvalue weighted by Gasteiger charge is -2.19. The summed E-state index contributed by atoms with van der Waals surface area (Å²) in [6.45, 7) is 5.88. The zero-order valence-electron chi connectivity index (χ0n) is 14.7. The molecule has 0 saturated carbocycles. The minimum absolute atomic E-state index is 0.0306. The fourth-order valence-electron chi connectivity index (χ4n) is 2.50. The van der Waals surface area contributed by atoms with E-state index in [4.69, 9.17) is 9.47 Å². The Morgan fingerprint density at radius 1 is 1.00 bits per heavy atom. The van der Waals surface area contributed by atoms with Gasteiger partial charge in [0.25, 0.3) is 0 Å². The first kappa shape index (κ1) is 20.0. The highest BCUT2D eigenvalue weighted by Crippen LogP contribution is 2.16. The average molecular weight is 321 g/mol. The van der Waals surface area contributed by atoms with Crippen LogP contribution in [0, 0.1) is 6.61 Å². The van der Waals surface area contributed by atoms with Gasteiger partial charge in [-0.05, 0) is 31.9 Å². The Bertz CT molecular complexity index is 364. The molecule has 1 aromatic rings. The number of para-hydroxylation sites is 1. The van der Waals surface area contributed by atoms with E-state index in [1.54, 1.807) is 6.92 Å². The molecule has 1 aromatic carbocycles. The van der Waals surface area contributed by atoms with E-state index in [0.29, 0.717) is 6.61 Å². The van der Waals surface area contributed by atoms with Crippen LogP contribution in [0.4, 0.5) is 0 Å². The molecule has 1 radical (unpaired) electrons. The molecule has 1 rings (SSSR count). The topological polar surface area (TPSA) is 38.7 Å². The van der Waals surface area contributed by atoms with Gasteiger partial charge in [0.05, 0.1) is 12.7 Å². The molecule has 0 amide bonds. The van der Waals surface area contributed by atoms with Crippen molar-refractivity contribution in [1.82, 2.24) is 0 Å². The number of hydrogen-bond acceptors (Lipinski definition) is 3. The van der Waals surface area contributed by atoms with Crippen LogP contribution in [0.2, 0.25) is 0 Å². The third-order valence-corrected chi connectivity index (χ3v) is 3.75. The van der Waals surface area contributed by atoms with Gasteiger partial charge in [0.2, 0.25) is 0 Å². The van der Waals surface area contributed by atoms with Gasteiger partial charge >= 0.3 is 0 Å². The van der Waals surface area contributed by atoms with Crippen molar-refractivity contribution in [3.63, 3.8) is 0 Å². The molecule has 0 heterocycles. The lowest BCUT2D eigenvalue weighted by atomic mass is 10.1. The second kappa shape index (κ2) is 13.4. The van der Waals surface area contributed by atoms with Gasteiger partial charge in [-0.2, -0.15) is 0 Å². The molecule has 0 spiro atoms. The number of unbranched alkanes of at least 4 members (excludes halogenated alkanes) is 6. The molecule has 0 bridgehead atoms. The van der Waals surface area contributed by atoms with Crippen LogP contribution in [0.15, 0.2) is 30.3 Å². The summed E-state index contributed by atoms with van der Waals surface area (Å²) in [5, 5.41) is 9.25. The van der Waals surface area contributed by atoms with Crippen LogP contribution in [0.25, 0.3) is 0 Å². The summed E-state index contributed by atoms with van der Waals surface area (Å²) < 4.78 is 11.5. The molecule has 131 valence electrons. The van der Waals surface area contributed by atoms with Gasteiger partial charge in [-0.1, -0.05) is 63.6 Å². The Labute approximate surface area is 142 Å². The molecule has 0 aliphatic heterocycles. The minimum atomic E-state index is -0.550. The van der Waals surface area contributed by atoms with Crippen molar-refractivity contribution in [1.29, 1.82) is 0 Å². The van der Waals surface area contributed by atoms with Crippen LogP contribution in [0.5, 0.6) is 5.75 Å². The summed E-state index contributed by atoms with van der Waals surface area (Å²) in [6.07, 6.45) is 9.51. The predicted molar refractivity (Wildman–Crippen MR) is 95.4 cm³/mol. The summed E-state index contributed by atoms with van der Waals surface area (Å²) in [5.74, 6) is 0.876. The smallest absolute Gasteiger partial charge is 0.122 e. The van der Waals surface area contributed by atoms with E-state index < -0.39 is 6.10 Å². The molecule has 2 atom stereocenters. The Morgan fingerprint density at radius 2 is 1.65 bits per heavy atom. The van der Waals surface area contributed by atoms with Crippen LogP contribution >= 0.6 is 0 Å². The molecule has 23 heavy (non-hydrogen) atoms. The zero-order chi connectivity index (χ0) is 16.8. The first-order valence-electron chi connectivity index (χ1n) is 9.07. The molecule has 0 aromatic heterocycles. The quantitative estimate of drug-likeness (QED) is 0.483. The second-order valence-corrected chi connectivity index (χ2v) is 6.17. The molecule has 0 aliphatic rings. The fourth-order valence-corrected chi connectivity index (χ4v) is 2.50. The molecule has 1 N–H and O–H groups in total. The van der Waals surface area contributed by atoms with Crippen LogP contribution in [0.3, 0.4) is 0 Å². The Morgan fingerprint density at radius 3 is 2.30 bits per heavy atom. The molecule has 0 fully saturated rings. The van der Waals surface area contributed by atoms with Gasteiger partial charge in [0.1, 0.15) is 18.5 Å². The standard InChI is InChI=1S/C20H33O3/c1-3-4-5-6-7-8-10-15-20(17-22-16-18(2)21)23-19-13-11-9-12-14-19/h9,11-14,16,18,20-21H,3-8,10,15,17H2,1-2H3. The van der Waals surface area contributed by atoms with E-state index >= 15 is 0 Å². The lowest BCUT2D eigenvalue weighted by Crippen LogP contribution is -2.23. The average Bonchev–Trinajstić information content (AvgIpc) is 2.54. The third kappa shape index (κ3) is 11.2. The van der Waals surface area contributed by atoms with Gasteiger partial charge in [0, 0.05) is 0 Å². The maximum absolute atomic E-state index is 9.25. The highest BCUT2D eigenvalue weighted by atomic mass is 16.5. The van der Waals surface area contributed by atoms with E-state index in [1.807, 2.05) is 30.3 Å². The van der Waals surface area contributed by atoms with Crippen molar-refractivity contribution < 1.29 is 14.6 Å². The van der Waals surface area contributed by atoms with Gasteiger partial charge < -0.3 is 14.6 Å². The third-order valence-electron chi connectivity index (χ3n) is 3.75. The van der Waals surface area contributed by atoms with Crippen LogP contribution < -0.4 is 4.74 Å². The first-order chi connectivity index (χ1) is 11.2. The van der Waals surface area contributed by atoms with Crippen molar-refractivity contribution >= 4 is 0 Å². The summed E-state index contributed by atoms with van der Waals surface area (Å²) >= 11 is 0. The predicted octanol–water partition coefficient (Wildman–Crippen LogP) is 5.13. The molecular formula is C20H33O3. The zero-order valence-corrected chi connectivity index (χ0v) is 14.7. The molecule has 0 saturated heterocycles.